The van der Waals surface area contributed by atoms with Crippen LogP contribution in [0.3, 0.4) is 0 Å². The highest BCUT2D eigenvalue weighted by Crippen LogP contribution is 2.28. The van der Waals surface area contributed by atoms with Crippen LogP contribution in [0.2, 0.25) is 0 Å². The van der Waals surface area contributed by atoms with Crippen molar-refractivity contribution in [2.45, 2.75) is 38.6 Å². The summed E-state index contributed by atoms with van der Waals surface area (Å²) < 4.78 is 0. The van der Waals surface area contributed by atoms with Crippen LogP contribution in [0.1, 0.15) is 44.2 Å². The van der Waals surface area contributed by atoms with E-state index in [2.05, 4.69) is 17.6 Å². The molecule has 0 aliphatic carbocycles. The predicted octanol–water partition coefficient (Wildman–Crippen LogP) is 1.63. The first-order valence-corrected chi connectivity index (χ1v) is 8.34. The Bertz CT molecular complexity index is 708. The lowest BCUT2D eigenvalue weighted by Gasteiger charge is -2.22. The zero-order valence-corrected chi connectivity index (χ0v) is 14.5. The van der Waals surface area contributed by atoms with Crippen molar-refractivity contribution in [1.29, 1.82) is 5.26 Å². The van der Waals surface area contributed by atoms with E-state index < -0.39 is 17.5 Å². The number of imide groups is 1. The number of nitriles is 1. The van der Waals surface area contributed by atoms with Crippen molar-refractivity contribution in [3.63, 3.8) is 0 Å². The number of carbonyl (C=O) groups excluding carboxylic acids is 3. The lowest BCUT2D eigenvalue weighted by Crippen LogP contribution is -2.43. The normalized spacial score (nSPS) is 19.5. The standard InChI is InChI=1S/C18H22N4O3/c1-3-4-5-10-20-15(23)12-22-16(24)18(2,21-17(22)25)14-8-6-13(11-19)7-9-14/h6-9H,3-5,10,12H2,1-2H3,(H,20,23)(H,21,25)/t18-/m0/s1. The fourth-order valence-electron chi connectivity index (χ4n) is 2.72. The molecule has 1 aromatic rings. The van der Waals surface area contributed by atoms with Crippen LogP contribution < -0.4 is 10.6 Å². The minimum Gasteiger partial charge on any atom is -0.355 e. The summed E-state index contributed by atoms with van der Waals surface area (Å²) in [6, 6.07) is 7.84. The van der Waals surface area contributed by atoms with E-state index >= 15 is 0 Å². The molecule has 2 rings (SSSR count). The van der Waals surface area contributed by atoms with E-state index in [0.29, 0.717) is 17.7 Å². The van der Waals surface area contributed by atoms with Gasteiger partial charge in [-0.05, 0) is 31.0 Å². The molecule has 2 N–H and O–H groups in total. The molecule has 132 valence electrons. The molecule has 1 aliphatic rings. The van der Waals surface area contributed by atoms with Crippen LogP contribution in [0.4, 0.5) is 4.79 Å². The fraction of sp³-hybridized carbons (Fsp3) is 0.444. The van der Waals surface area contributed by atoms with Gasteiger partial charge in [-0.1, -0.05) is 31.9 Å². The molecule has 1 heterocycles. The van der Waals surface area contributed by atoms with Crippen LogP contribution in [0.25, 0.3) is 0 Å². The smallest absolute Gasteiger partial charge is 0.325 e. The molecule has 0 unspecified atom stereocenters. The third kappa shape index (κ3) is 3.97. The van der Waals surface area contributed by atoms with Gasteiger partial charge in [-0.3, -0.25) is 14.5 Å². The molecule has 1 fully saturated rings. The molecule has 0 radical (unpaired) electrons. The largest absolute Gasteiger partial charge is 0.355 e. The number of hydrogen-bond acceptors (Lipinski definition) is 4. The topological polar surface area (TPSA) is 102 Å². The second-order valence-corrected chi connectivity index (χ2v) is 6.19. The van der Waals surface area contributed by atoms with Crippen molar-refractivity contribution in [3.05, 3.63) is 35.4 Å². The number of nitrogens with zero attached hydrogens (tertiary/aromatic N) is 2. The van der Waals surface area contributed by atoms with E-state index in [1.54, 1.807) is 31.2 Å². The molecule has 0 aromatic heterocycles. The first-order chi connectivity index (χ1) is 11.9. The maximum atomic E-state index is 12.7. The van der Waals surface area contributed by atoms with E-state index in [4.69, 9.17) is 5.26 Å². The number of carbonyl (C=O) groups is 3. The molecule has 7 heteroatoms. The Balaban J connectivity index is 2.05. The monoisotopic (exact) mass is 342 g/mol. The maximum absolute atomic E-state index is 12.7. The molecule has 7 nitrogen and oxygen atoms in total. The van der Waals surface area contributed by atoms with Crippen LogP contribution in [0.15, 0.2) is 24.3 Å². The van der Waals surface area contributed by atoms with Crippen molar-refractivity contribution < 1.29 is 14.4 Å². The molecular weight excluding hydrogens is 320 g/mol. The highest BCUT2D eigenvalue weighted by molar-refractivity contribution is 6.09. The molecule has 0 bridgehead atoms. The van der Waals surface area contributed by atoms with E-state index in [1.807, 2.05) is 6.07 Å². The number of hydrogen-bond donors (Lipinski definition) is 2. The predicted molar refractivity (Wildman–Crippen MR) is 91.3 cm³/mol. The maximum Gasteiger partial charge on any atom is 0.325 e. The number of benzene rings is 1. The number of urea groups is 1. The summed E-state index contributed by atoms with van der Waals surface area (Å²) in [5.74, 6) is -0.838. The van der Waals surface area contributed by atoms with Gasteiger partial charge in [0, 0.05) is 6.54 Å². The minimum absolute atomic E-state index is 0.303. The molecular formula is C18H22N4O3. The summed E-state index contributed by atoms with van der Waals surface area (Å²) in [6.07, 6.45) is 2.93. The van der Waals surface area contributed by atoms with Gasteiger partial charge >= 0.3 is 6.03 Å². The molecule has 1 aliphatic heterocycles. The van der Waals surface area contributed by atoms with Crippen LogP contribution in [0.5, 0.6) is 0 Å². The second-order valence-electron chi connectivity index (χ2n) is 6.19. The minimum atomic E-state index is -1.24. The Kier molecular flexibility index (Phi) is 5.75. The third-order valence-corrected chi connectivity index (χ3v) is 4.27. The van der Waals surface area contributed by atoms with Crippen molar-refractivity contribution in [3.8, 4) is 6.07 Å². The second kappa shape index (κ2) is 7.79. The average Bonchev–Trinajstić information content (AvgIpc) is 2.83. The first-order valence-electron chi connectivity index (χ1n) is 8.34. The molecule has 1 atom stereocenters. The van der Waals surface area contributed by atoms with Crippen LogP contribution in [-0.4, -0.2) is 35.8 Å². The van der Waals surface area contributed by atoms with Crippen molar-refractivity contribution in [2.75, 3.05) is 13.1 Å². The average molecular weight is 342 g/mol. The lowest BCUT2D eigenvalue weighted by molar-refractivity contribution is -0.134. The molecule has 1 aromatic carbocycles. The van der Waals surface area contributed by atoms with Gasteiger partial charge in [0.15, 0.2) is 0 Å². The Morgan fingerprint density at radius 2 is 1.96 bits per heavy atom. The Morgan fingerprint density at radius 1 is 1.28 bits per heavy atom. The van der Waals surface area contributed by atoms with Crippen molar-refractivity contribution >= 4 is 17.8 Å². The van der Waals surface area contributed by atoms with Crippen LogP contribution >= 0.6 is 0 Å². The first kappa shape index (κ1) is 18.5. The molecule has 0 spiro atoms. The number of rotatable bonds is 7. The zero-order valence-electron chi connectivity index (χ0n) is 14.5. The Labute approximate surface area is 147 Å². The lowest BCUT2D eigenvalue weighted by atomic mass is 9.91. The van der Waals surface area contributed by atoms with Gasteiger partial charge in [-0.15, -0.1) is 0 Å². The van der Waals surface area contributed by atoms with E-state index in [-0.39, 0.29) is 12.5 Å². The van der Waals surface area contributed by atoms with Crippen molar-refractivity contribution in [2.24, 2.45) is 0 Å². The molecule has 4 amide bonds. The summed E-state index contributed by atoms with van der Waals surface area (Å²) >= 11 is 0. The SMILES string of the molecule is CCCCCNC(=O)CN1C(=O)N[C@@](C)(c2ccc(C#N)cc2)C1=O. The Hall–Kier alpha value is -2.88. The van der Waals surface area contributed by atoms with Gasteiger partial charge in [0.2, 0.25) is 5.91 Å². The van der Waals surface area contributed by atoms with Crippen LogP contribution in [0, 0.1) is 11.3 Å². The summed E-state index contributed by atoms with van der Waals surface area (Å²) in [6.45, 7) is 3.89. The Morgan fingerprint density at radius 3 is 2.56 bits per heavy atom. The summed E-state index contributed by atoms with van der Waals surface area (Å²) in [4.78, 5) is 37.8. The number of amides is 4. The number of nitrogens with one attached hydrogen (secondary N) is 2. The summed E-state index contributed by atoms with van der Waals surface area (Å²) in [5, 5.41) is 14.2. The van der Waals surface area contributed by atoms with Gasteiger partial charge in [0.1, 0.15) is 12.1 Å². The van der Waals surface area contributed by atoms with Gasteiger partial charge in [-0.25, -0.2) is 4.79 Å². The van der Waals surface area contributed by atoms with Gasteiger partial charge in [-0.2, -0.15) is 5.26 Å². The van der Waals surface area contributed by atoms with Gasteiger partial charge in [0.05, 0.1) is 11.6 Å². The zero-order chi connectivity index (χ0) is 18.4. The van der Waals surface area contributed by atoms with Crippen LogP contribution in [-0.2, 0) is 15.1 Å². The highest BCUT2D eigenvalue weighted by Gasteiger charge is 2.49. The quantitative estimate of drug-likeness (QED) is 0.581. The van der Waals surface area contributed by atoms with E-state index in [0.717, 1.165) is 24.2 Å². The van der Waals surface area contributed by atoms with Crippen molar-refractivity contribution in [1.82, 2.24) is 15.5 Å². The van der Waals surface area contributed by atoms with E-state index in [9.17, 15) is 14.4 Å². The highest BCUT2D eigenvalue weighted by atomic mass is 16.2. The summed E-state index contributed by atoms with van der Waals surface area (Å²) in [5.41, 5.74) is -0.212. The fourth-order valence-corrected chi connectivity index (χ4v) is 2.72. The van der Waals surface area contributed by atoms with Gasteiger partial charge in [0.25, 0.3) is 5.91 Å². The molecule has 0 saturated carbocycles. The number of unbranched alkanes of at least 4 members (excludes halogenated alkanes) is 2. The molecule has 1 saturated heterocycles. The van der Waals surface area contributed by atoms with E-state index in [1.165, 1.54) is 0 Å². The van der Waals surface area contributed by atoms with Gasteiger partial charge < -0.3 is 10.6 Å². The molecule has 25 heavy (non-hydrogen) atoms. The summed E-state index contributed by atoms with van der Waals surface area (Å²) in [7, 11) is 0. The third-order valence-electron chi connectivity index (χ3n) is 4.27.